The summed E-state index contributed by atoms with van der Waals surface area (Å²) in [5.41, 5.74) is 6.43. The molecule has 0 aliphatic heterocycles. The molecule has 6 aliphatic rings. The minimum atomic E-state index is -1.71. The molecule has 2 atom stereocenters. The molecule has 0 aromatic heterocycles. The molecule has 10 radical (unpaired) electrons. The topological polar surface area (TPSA) is 0 Å². The fourth-order valence-corrected chi connectivity index (χ4v) is 15.6. The standard InChI is InChI=1S/C28H28Si2.Fe/c1-29(2,26-17-13-19-9-5-6-10-20(19)26)30(3,4)27-18-16-25-23-14-15-24(28(25)27)22-12-8-7-11-21(22)23;/h5-18,23-24H,1-4H3;/q;+2/t23-,24+;/m0./s1. The van der Waals surface area contributed by atoms with Gasteiger partial charge in [-0.3, -0.25) is 0 Å². The van der Waals surface area contributed by atoms with Gasteiger partial charge in [0.2, 0.25) is 0 Å². The van der Waals surface area contributed by atoms with Crippen molar-refractivity contribution in [2.24, 2.45) is 0 Å². The second kappa shape index (κ2) is 7.72. The van der Waals surface area contributed by atoms with Gasteiger partial charge in [0.1, 0.15) is 0 Å². The van der Waals surface area contributed by atoms with Gasteiger partial charge in [-0.15, -0.1) is 0 Å². The van der Waals surface area contributed by atoms with Crippen LogP contribution >= 0.6 is 0 Å². The number of hydrogen-bond acceptors (Lipinski definition) is 0. The quantitative estimate of drug-likeness (QED) is 0.349. The fourth-order valence-electron chi connectivity index (χ4n) is 6.07. The molecule has 0 nitrogen and oxygen atoms in total. The van der Waals surface area contributed by atoms with Gasteiger partial charge in [0.25, 0.3) is 0 Å². The number of benzene rings is 1. The Kier molecular flexibility index (Phi) is 5.53. The van der Waals surface area contributed by atoms with Crippen LogP contribution in [0.5, 0.6) is 0 Å². The number of rotatable bonds is 3. The van der Waals surface area contributed by atoms with Gasteiger partial charge in [-0.1, -0.05) is 86.9 Å². The first-order chi connectivity index (χ1) is 14.4. The molecule has 2 saturated carbocycles. The molecule has 2 bridgehead atoms. The summed E-state index contributed by atoms with van der Waals surface area (Å²) >= 11 is 0. The summed E-state index contributed by atoms with van der Waals surface area (Å²) in [6, 6.07) is 9.11. The van der Waals surface area contributed by atoms with E-state index < -0.39 is 15.2 Å². The van der Waals surface area contributed by atoms with E-state index in [0.29, 0.717) is 11.8 Å². The van der Waals surface area contributed by atoms with E-state index in [1.807, 2.05) is 0 Å². The van der Waals surface area contributed by atoms with Crippen molar-refractivity contribution >= 4 is 15.2 Å². The van der Waals surface area contributed by atoms with Crippen LogP contribution in [0.3, 0.4) is 0 Å². The van der Waals surface area contributed by atoms with E-state index in [4.69, 9.17) is 0 Å². The van der Waals surface area contributed by atoms with E-state index in [1.54, 1.807) is 22.9 Å². The minimum absolute atomic E-state index is 0. The molecule has 0 spiro atoms. The zero-order valence-corrected chi connectivity index (χ0v) is 21.7. The zero-order valence-electron chi connectivity index (χ0n) is 18.6. The molecular formula is C28H28FeSi2+2. The van der Waals surface area contributed by atoms with Crippen molar-refractivity contribution in [1.29, 1.82) is 0 Å². The van der Waals surface area contributed by atoms with E-state index in [9.17, 15) is 0 Å². The molecule has 7 rings (SSSR count). The average molecular weight is 477 g/mol. The third kappa shape index (κ3) is 3.02. The van der Waals surface area contributed by atoms with Crippen molar-refractivity contribution in [2.45, 2.75) is 38.0 Å². The Morgan fingerprint density at radius 1 is 0.677 bits per heavy atom. The molecule has 31 heavy (non-hydrogen) atoms. The van der Waals surface area contributed by atoms with Gasteiger partial charge in [0.15, 0.2) is 0 Å². The molecule has 3 heteroatoms. The largest absolute Gasteiger partial charge is 2.00 e. The van der Waals surface area contributed by atoms with Gasteiger partial charge >= 0.3 is 17.1 Å². The van der Waals surface area contributed by atoms with Crippen LogP contribution in [0.15, 0.2) is 60.7 Å². The number of hydrogen-bond donors (Lipinski definition) is 0. The van der Waals surface area contributed by atoms with Crippen LogP contribution in [0.25, 0.3) is 0 Å². The van der Waals surface area contributed by atoms with E-state index >= 15 is 0 Å². The summed E-state index contributed by atoms with van der Waals surface area (Å²) in [6.45, 7) is 10.6. The van der Waals surface area contributed by atoms with Crippen molar-refractivity contribution in [3.05, 3.63) is 132 Å². The third-order valence-electron chi connectivity index (χ3n) is 8.43. The predicted molar refractivity (Wildman–Crippen MR) is 131 cm³/mol. The molecule has 0 amide bonds. The van der Waals surface area contributed by atoms with Gasteiger partial charge in [0, 0.05) is 31.3 Å². The SMILES string of the molecule is C[Si](C)([C]1[CH][CH][C]2C=CC=C[C]21)[Si](C)(C)[C]1[CH][CH][C]2[C]1[C@@H]1C=C[C@H]2c2ccccc21.[Fe+2]. The summed E-state index contributed by atoms with van der Waals surface area (Å²) in [7, 11) is -3.40. The Morgan fingerprint density at radius 3 is 2.06 bits per heavy atom. The number of allylic oxidation sites excluding steroid dienone is 6. The van der Waals surface area contributed by atoms with Crippen LogP contribution in [0, 0.1) is 60.4 Å². The minimum Gasteiger partial charge on any atom is -0.0798 e. The van der Waals surface area contributed by atoms with Crippen molar-refractivity contribution in [1.82, 2.24) is 0 Å². The van der Waals surface area contributed by atoms with E-state index in [2.05, 4.69) is 113 Å². The molecular weight excluding hydrogens is 448 g/mol. The molecule has 1 aromatic carbocycles. The van der Waals surface area contributed by atoms with E-state index in [-0.39, 0.29) is 17.1 Å². The molecule has 0 saturated heterocycles. The second-order valence-electron chi connectivity index (χ2n) is 10.2. The molecule has 6 aliphatic carbocycles. The van der Waals surface area contributed by atoms with Gasteiger partial charge in [0.05, 0.1) is 7.59 Å². The van der Waals surface area contributed by atoms with Crippen LogP contribution in [0.4, 0.5) is 0 Å². The Hall–Kier alpha value is -0.607. The predicted octanol–water partition coefficient (Wildman–Crippen LogP) is 6.43. The molecule has 154 valence electrons. The monoisotopic (exact) mass is 476 g/mol. The summed E-state index contributed by atoms with van der Waals surface area (Å²) in [5, 5.41) is 0. The molecule has 0 unspecified atom stereocenters. The Balaban J connectivity index is 0.00000204. The molecule has 2 fully saturated rings. The maximum atomic E-state index is 2.65. The molecule has 0 N–H and O–H groups in total. The summed E-state index contributed by atoms with van der Waals surface area (Å²) in [4.78, 5) is 0. The maximum Gasteiger partial charge on any atom is 2.00 e. The van der Waals surface area contributed by atoms with E-state index in [1.165, 1.54) is 23.0 Å². The van der Waals surface area contributed by atoms with Gasteiger partial charge in [-0.2, -0.15) is 0 Å². The van der Waals surface area contributed by atoms with E-state index in [0.717, 1.165) is 0 Å². The normalized spacial score (nSPS) is 29.3. The summed E-state index contributed by atoms with van der Waals surface area (Å²) in [6.07, 6.45) is 23.7. The van der Waals surface area contributed by atoms with Crippen molar-refractivity contribution in [3.8, 4) is 0 Å². The molecule has 0 heterocycles. The van der Waals surface area contributed by atoms with Crippen molar-refractivity contribution in [2.75, 3.05) is 0 Å². The second-order valence-corrected chi connectivity index (χ2v) is 25.2. The third-order valence-corrected chi connectivity index (χ3v) is 26.1. The molecule has 1 aromatic rings. The first kappa shape index (κ1) is 22.2. The maximum absolute atomic E-state index is 2.65. The van der Waals surface area contributed by atoms with Crippen LogP contribution in [-0.4, -0.2) is 15.2 Å². The van der Waals surface area contributed by atoms with Crippen LogP contribution in [0.1, 0.15) is 23.0 Å². The zero-order chi connectivity index (χ0) is 20.7. The average Bonchev–Trinajstić information content (AvgIpc) is 3.40. The Morgan fingerprint density at radius 2 is 1.29 bits per heavy atom. The van der Waals surface area contributed by atoms with Gasteiger partial charge < -0.3 is 0 Å². The van der Waals surface area contributed by atoms with Crippen molar-refractivity contribution < 1.29 is 17.1 Å². The Labute approximate surface area is 202 Å². The summed E-state index contributed by atoms with van der Waals surface area (Å²) < 4.78 is 0. The van der Waals surface area contributed by atoms with Crippen LogP contribution < -0.4 is 0 Å². The van der Waals surface area contributed by atoms with Gasteiger partial charge in [-0.05, 0) is 59.7 Å². The van der Waals surface area contributed by atoms with Gasteiger partial charge in [-0.25, -0.2) is 0 Å². The van der Waals surface area contributed by atoms with Crippen molar-refractivity contribution in [3.63, 3.8) is 0 Å². The first-order valence-corrected chi connectivity index (χ1v) is 18.1. The first-order valence-electron chi connectivity index (χ1n) is 11.1. The van der Waals surface area contributed by atoms with Crippen LogP contribution in [0.2, 0.25) is 26.2 Å². The summed E-state index contributed by atoms with van der Waals surface area (Å²) in [5.74, 6) is 7.02. The number of fused-ring (bicyclic) bond motifs is 1. The fraction of sp³-hybridized carbons (Fsp3) is 0.214. The smallest absolute Gasteiger partial charge is 0.0798 e. The Bertz CT molecular complexity index is 942. The van der Waals surface area contributed by atoms with Crippen LogP contribution in [-0.2, 0) is 17.1 Å².